The monoisotopic (exact) mass is 514 g/mol. The number of aromatic nitrogens is 1. The van der Waals surface area contributed by atoms with Gasteiger partial charge in [-0.25, -0.2) is 30.0 Å². The number of hydrogen-bond donors (Lipinski definition) is 1. The van der Waals surface area contributed by atoms with Gasteiger partial charge in [-0.05, 0) is 55.2 Å². The average Bonchev–Trinajstić information content (AvgIpc) is 2.79. The Bertz CT molecular complexity index is 1420. The molecule has 0 saturated heterocycles. The third-order valence-corrected chi connectivity index (χ3v) is 8.54. The van der Waals surface area contributed by atoms with Crippen molar-refractivity contribution in [2.75, 3.05) is 12.3 Å². The minimum Gasteiger partial charge on any atom is -0.288 e. The van der Waals surface area contributed by atoms with Crippen LogP contribution in [0.3, 0.4) is 0 Å². The molecule has 0 aliphatic heterocycles. The van der Waals surface area contributed by atoms with E-state index in [-0.39, 0.29) is 34.1 Å². The molecule has 1 heterocycles. The number of hydrogen-bond acceptors (Lipinski definition) is 6. The van der Waals surface area contributed by atoms with Crippen LogP contribution in [0.4, 0.5) is 13.2 Å². The normalized spacial score (nSPS) is 12.1. The van der Waals surface area contributed by atoms with Crippen molar-refractivity contribution in [1.29, 1.82) is 0 Å². The number of benzene rings is 2. The van der Waals surface area contributed by atoms with Gasteiger partial charge < -0.3 is 0 Å². The van der Waals surface area contributed by atoms with Gasteiger partial charge in [0.2, 0.25) is 20.9 Å². The standard InChI is InChI=1S/C22H21F3N2O5S2/c1-2-11-34(31,32)27(33(29)30)10-4-6-15-13-17(23)21(25)19(20(15)24)22(28)16-7-8-18-14(12-16)5-3-9-26-18/h3,5,7-9,12-13,33H,2,4,6,10-11H2,1H3. The maximum Gasteiger partial charge on any atom is 0.226 e. The van der Waals surface area contributed by atoms with Crippen LogP contribution in [0.1, 0.15) is 41.3 Å². The summed E-state index contributed by atoms with van der Waals surface area (Å²) < 4.78 is 91.0. The van der Waals surface area contributed by atoms with Crippen molar-refractivity contribution in [3.8, 4) is 0 Å². The molecule has 0 atom stereocenters. The van der Waals surface area contributed by atoms with Crippen LogP contribution < -0.4 is 0 Å². The predicted octanol–water partition coefficient (Wildman–Crippen LogP) is 3.38. The van der Waals surface area contributed by atoms with Crippen LogP contribution in [0.15, 0.2) is 42.6 Å². The first kappa shape index (κ1) is 25.8. The van der Waals surface area contributed by atoms with Crippen molar-refractivity contribution in [3.63, 3.8) is 0 Å². The summed E-state index contributed by atoms with van der Waals surface area (Å²) in [6.45, 7) is 1.06. The quantitative estimate of drug-likeness (QED) is 0.253. The molecule has 1 aromatic heterocycles. The van der Waals surface area contributed by atoms with E-state index in [1.54, 1.807) is 25.3 Å². The molecule has 0 radical (unpaired) electrons. The zero-order valence-corrected chi connectivity index (χ0v) is 19.7. The lowest BCUT2D eigenvalue weighted by Gasteiger charge is -2.16. The third kappa shape index (κ3) is 5.45. The van der Waals surface area contributed by atoms with Crippen LogP contribution in [-0.4, -0.2) is 43.6 Å². The summed E-state index contributed by atoms with van der Waals surface area (Å²) in [6.07, 6.45) is 1.20. The smallest absolute Gasteiger partial charge is 0.226 e. The zero-order chi connectivity index (χ0) is 25.0. The van der Waals surface area contributed by atoms with E-state index in [0.29, 0.717) is 17.0 Å². The molecule has 2 aromatic carbocycles. The van der Waals surface area contributed by atoms with Gasteiger partial charge in [0.05, 0.1) is 16.8 Å². The summed E-state index contributed by atoms with van der Waals surface area (Å²) in [5.74, 6) is -5.85. The van der Waals surface area contributed by atoms with Crippen molar-refractivity contribution in [1.82, 2.24) is 8.69 Å². The van der Waals surface area contributed by atoms with Crippen LogP contribution >= 0.6 is 0 Å². The Morgan fingerprint density at radius 3 is 2.50 bits per heavy atom. The van der Waals surface area contributed by atoms with Crippen molar-refractivity contribution in [3.05, 3.63) is 76.7 Å². The first-order valence-electron chi connectivity index (χ1n) is 10.3. The van der Waals surface area contributed by atoms with E-state index < -0.39 is 62.0 Å². The Labute approximate surface area is 196 Å². The SMILES string of the molecule is CCCS(=O)(=O)N(CCCc1cc(F)c(F)c(C(=O)c2ccc3ncccc3c2)c1F)[SH](=O)=O. The van der Waals surface area contributed by atoms with Gasteiger partial charge in [0, 0.05) is 23.7 Å². The average molecular weight is 515 g/mol. The van der Waals surface area contributed by atoms with Gasteiger partial charge in [-0.3, -0.25) is 9.78 Å². The Balaban J connectivity index is 1.89. The van der Waals surface area contributed by atoms with E-state index in [1.165, 1.54) is 18.2 Å². The number of sulfonamides is 1. The second-order valence-electron chi connectivity index (χ2n) is 7.46. The molecule has 7 nitrogen and oxygen atoms in total. The predicted molar refractivity (Wildman–Crippen MR) is 121 cm³/mol. The topological polar surface area (TPSA) is 101 Å². The van der Waals surface area contributed by atoms with Crippen molar-refractivity contribution < 1.29 is 34.8 Å². The van der Waals surface area contributed by atoms with Gasteiger partial charge in [0.1, 0.15) is 5.82 Å². The summed E-state index contributed by atoms with van der Waals surface area (Å²) in [7, 11) is -7.54. The van der Waals surface area contributed by atoms with Crippen LogP contribution in [-0.2, 0) is 27.3 Å². The number of thiol groups is 1. The number of carbonyl (C=O) groups is 1. The van der Waals surface area contributed by atoms with Gasteiger partial charge in [-0.15, -0.1) is 0 Å². The fraction of sp³-hybridized carbons (Fsp3) is 0.273. The lowest BCUT2D eigenvalue weighted by molar-refractivity contribution is 0.102. The highest BCUT2D eigenvalue weighted by molar-refractivity contribution is 7.97. The van der Waals surface area contributed by atoms with Crippen molar-refractivity contribution in [2.24, 2.45) is 0 Å². The molecule has 0 spiro atoms. The molecule has 3 aromatic rings. The lowest BCUT2D eigenvalue weighted by Crippen LogP contribution is -2.32. The molecule has 0 unspecified atom stereocenters. The second-order valence-corrected chi connectivity index (χ2v) is 10.7. The Morgan fingerprint density at radius 2 is 1.82 bits per heavy atom. The van der Waals surface area contributed by atoms with E-state index in [9.17, 15) is 30.4 Å². The van der Waals surface area contributed by atoms with Crippen molar-refractivity contribution in [2.45, 2.75) is 26.2 Å². The molecule has 0 saturated carbocycles. The van der Waals surface area contributed by atoms with Crippen LogP contribution in [0, 0.1) is 17.5 Å². The molecular formula is C22H21F3N2O5S2. The van der Waals surface area contributed by atoms with Crippen molar-refractivity contribution >= 4 is 37.6 Å². The van der Waals surface area contributed by atoms with Gasteiger partial charge >= 0.3 is 0 Å². The minimum atomic E-state index is -4.08. The molecule has 0 aliphatic carbocycles. The first-order chi connectivity index (χ1) is 16.1. The van der Waals surface area contributed by atoms with E-state index in [4.69, 9.17) is 0 Å². The molecule has 0 N–H and O–H groups in total. The van der Waals surface area contributed by atoms with Gasteiger partial charge in [-0.1, -0.05) is 16.7 Å². The first-order valence-corrected chi connectivity index (χ1v) is 13.0. The Hall–Kier alpha value is -2.83. The van der Waals surface area contributed by atoms with E-state index >= 15 is 4.39 Å². The van der Waals surface area contributed by atoms with E-state index in [0.717, 1.165) is 0 Å². The fourth-order valence-corrected chi connectivity index (χ4v) is 5.99. The summed E-state index contributed by atoms with van der Waals surface area (Å²) in [6, 6.07) is 8.05. The molecular weight excluding hydrogens is 493 g/mol. The number of pyridine rings is 1. The minimum absolute atomic E-state index is 0.0740. The fourth-order valence-electron chi connectivity index (χ4n) is 3.49. The summed E-state index contributed by atoms with van der Waals surface area (Å²) >= 11 is 0. The molecule has 0 fully saturated rings. The molecule has 182 valence electrons. The number of aryl methyl sites for hydroxylation is 1. The molecule has 0 amide bonds. The maximum absolute atomic E-state index is 15.1. The van der Waals surface area contributed by atoms with Crippen LogP contribution in [0.25, 0.3) is 10.9 Å². The summed E-state index contributed by atoms with van der Waals surface area (Å²) in [5.41, 5.74) is -0.975. The van der Waals surface area contributed by atoms with Gasteiger partial charge in [0.25, 0.3) is 0 Å². The zero-order valence-electron chi connectivity index (χ0n) is 18.0. The molecule has 0 bridgehead atoms. The Kier molecular flexibility index (Phi) is 8.05. The summed E-state index contributed by atoms with van der Waals surface area (Å²) in [5, 5.41) is 0.547. The largest absolute Gasteiger partial charge is 0.288 e. The third-order valence-electron chi connectivity index (χ3n) is 5.08. The highest BCUT2D eigenvalue weighted by atomic mass is 32.3. The number of fused-ring (bicyclic) bond motifs is 1. The van der Waals surface area contributed by atoms with Gasteiger partial charge in [-0.2, -0.15) is 0 Å². The number of rotatable bonds is 10. The highest BCUT2D eigenvalue weighted by Gasteiger charge is 2.27. The summed E-state index contributed by atoms with van der Waals surface area (Å²) in [4.78, 5) is 17.0. The molecule has 34 heavy (non-hydrogen) atoms. The number of carbonyl (C=O) groups excluding carboxylic acids is 1. The van der Waals surface area contributed by atoms with Gasteiger partial charge in [0.15, 0.2) is 17.4 Å². The second kappa shape index (κ2) is 10.6. The number of nitrogens with zero attached hydrogens (tertiary/aromatic N) is 2. The molecule has 12 heteroatoms. The van der Waals surface area contributed by atoms with E-state index in [1.807, 2.05) is 0 Å². The molecule has 0 aliphatic rings. The number of ketones is 1. The van der Waals surface area contributed by atoms with Crippen LogP contribution in [0.5, 0.6) is 0 Å². The van der Waals surface area contributed by atoms with Crippen LogP contribution in [0.2, 0.25) is 0 Å². The lowest BCUT2D eigenvalue weighted by atomic mass is 9.97. The maximum atomic E-state index is 15.1. The Morgan fingerprint density at radius 1 is 1.09 bits per heavy atom. The van der Waals surface area contributed by atoms with E-state index in [2.05, 4.69) is 4.98 Å². The molecule has 3 rings (SSSR count). The highest BCUT2D eigenvalue weighted by Crippen LogP contribution is 2.25. The number of halogens is 3.